The van der Waals surface area contributed by atoms with E-state index in [-0.39, 0.29) is 50.7 Å². The van der Waals surface area contributed by atoms with Gasteiger partial charge in [0, 0.05) is 25.9 Å². The molecule has 0 aliphatic carbocycles. The molecule has 0 spiro atoms. The molecule has 10 heteroatoms. The van der Waals surface area contributed by atoms with Crippen LogP contribution in [0.4, 0.5) is 0 Å². The third kappa shape index (κ3) is 10.6. The molecule has 0 saturated carbocycles. The Morgan fingerprint density at radius 2 is 1.50 bits per heavy atom. The molecule has 0 aliphatic rings. The highest BCUT2D eigenvalue weighted by Crippen LogP contribution is 2.11. The summed E-state index contributed by atoms with van der Waals surface area (Å²) in [5.41, 5.74) is 1.74. The Morgan fingerprint density at radius 1 is 0.794 bits per heavy atom. The van der Waals surface area contributed by atoms with Crippen LogP contribution in [0.2, 0.25) is 0 Å². The predicted octanol–water partition coefficient (Wildman–Crippen LogP) is -0.0411. The quantitative estimate of drug-likeness (QED) is 0.212. The Hall–Kier alpha value is -3.92. The number of aryl methyl sites for hydroxylation is 1. The highest BCUT2D eigenvalue weighted by atomic mass is 16.4. The molecule has 2 rings (SSSR count). The predicted molar refractivity (Wildman–Crippen MR) is 125 cm³/mol. The van der Waals surface area contributed by atoms with Crippen LogP contribution < -0.4 is 21.3 Å². The van der Waals surface area contributed by atoms with Gasteiger partial charge in [0.2, 0.25) is 17.7 Å². The molecule has 3 amide bonds. The van der Waals surface area contributed by atoms with Crippen molar-refractivity contribution >= 4 is 23.7 Å². The van der Waals surface area contributed by atoms with Crippen LogP contribution >= 0.6 is 0 Å². The Labute approximate surface area is 197 Å². The van der Waals surface area contributed by atoms with Crippen LogP contribution in [0.5, 0.6) is 5.75 Å². The normalized spacial score (nSPS) is 11.3. The van der Waals surface area contributed by atoms with Gasteiger partial charge >= 0.3 is 5.97 Å². The van der Waals surface area contributed by atoms with Gasteiger partial charge in [-0.3, -0.25) is 19.2 Å². The Morgan fingerprint density at radius 3 is 2.18 bits per heavy atom. The Balaban J connectivity index is 1.82. The number of amides is 3. The van der Waals surface area contributed by atoms with Gasteiger partial charge in [-0.1, -0.05) is 42.5 Å². The maximum absolute atomic E-state index is 12.6. The first-order valence-corrected chi connectivity index (χ1v) is 10.9. The van der Waals surface area contributed by atoms with Crippen LogP contribution in [0.25, 0.3) is 0 Å². The monoisotopic (exact) mass is 470 g/mol. The maximum atomic E-state index is 12.6. The average Bonchev–Trinajstić information content (AvgIpc) is 2.82. The fraction of sp³-hybridized carbons (Fsp3) is 0.333. The van der Waals surface area contributed by atoms with Crippen molar-refractivity contribution in [2.45, 2.75) is 25.3 Å². The summed E-state index contributed by atoms with van der Waals surface area (Å²) in [6.45, 7) is -0.0258. The summed E-state index contributed by atoms with van der Waals surface area (Å²) < 4.78 is 0. The van der Waals surface area contributed by atoms with Crippen molar-refractivity contribution in [3.05, 3.63) is 65.7 Å². The lowest BCUT2D eigenvalue weighted by Gasteiger charge is -2.19. The van der Waals surface area contributed by atoms with Gasteiger partial charge in [0.1, 0.15) is 11.8 Å². The van der Waals surface area contributed by atoms with Crippen molar-refractivity contribution in [3.63, 3.8) is 0 Å². The maximum Gasteiger partial charge on any atom is 0.317 e. The number of phenols is 1. The first-order chi connectivity index (χ1) is 16.3. The molecular weight excluding hydrogens is 440 g/mol. The van der Waals surface area contributed by atoms with Crippen molar-refractivity contribution < 1.29 is 29.4 Å². The topological polar surface area (TPSA) is 157 Å². The third-order valence-corrected chi connectivity index (χ3v) is 4.83. The fourth-order valence-corrected chi connectivity index (χ4v) is 3.08. The Kier molecular flexibility index (Phi) is 11.1. The molecule has 6 N–H and O–H groups in total. The highest BCUT2D eigenvalue weighted by Gasteiger charge is 2.21. The molecule has 0 radical (unpaired) electrons. The zero-order valence-electron chi connectivity index (χ0n) is 18.8. The van der Waals surface area contributed by atoms with Crippen molar-refractivity contribution in [1.82, 2.24) is 21.3 Å². The van der Waals surface area contributed by atoms with Crippen LogP contribution in [-0.2, 0) is 32.0 Å². The smallest absolute Gasteiger partial charge is 0.317 e. The van der Waals surface area contributed by atoms with Crippen molar-refractivity contribution in [2.75, 3.05) is 26.2 Å². The number of benzene rings is 2. The lowest BCUT2D eigenvalue weighted by molar-refractivity contribution is -0.136. The van der Waals surface area contributed by atoms with Gasteiger partial charge in [0.05, 0.1) is 13.1 Å². The fourth-order valence-electron chi connectivity index (χ4n) is 3.08. The first-order valence-electron chi connectivity index (χ1n) is 10.9. The number of aromatic hydroxyl groups is 1. The number of phenolic OH excluding ortho intramolecular Hbond substituents is 1. The SMILES string of the molecule is O=C(O)CNCCNC(=O)[C@H](Cc1ccccc1)NC(=O)CNC(=O)CCc1ccc(O)cc1. The summed E-state index contributed by atoms with van der Waals surface area (Å²) in [6, 6.07) is 14.9. The van der Waals surface area contributed by atoms with E-state index in [9.17, 15) is 24.3 Å². The molecule has 0 aliphatic heterocycles. The van der Waals surface area contributed by atoms with Gasteiger partial charge in [0.15, 0.2) is 0 Å². The second kappa shape index (κ2) is 14.3. The minimum atomic E-state index is -0.995. The molecule has 34 heavy (non-hydrogen) atoms. The van der Waals surface area contributed by atoms with Gasteiger partial charge in [-0.15, -0.1) is 0 Å². The highest BCUT2D eigenvalue weighted by molar-refractivity contribution is 5.90. The molecule has 0 unspecified atom stereocenters. The Bertz CT molecular complexity index is 950. The molecule has 0 saturated heterocycles. The van der Waals surface area contributed by atoms with Crippen molar-refractivity contribution in [2.24, 2.45) is 0 Å². The summed E-state index contributed by atoms with van der Waals surface area (Å²) in [4.78, 5) is 47.6. The van der Waals surface area contributed by atoms with E-state index >= 15 is 0 Å². The van der Waals surface area contributed by atoms with E-state index in [4.69, 9.17) is 5.11 Å². The number of aliphatic carboxylic acids is 1. The summed E-state index contributed by atoms with van der Waals surface area (Å²) in [5, 5.41) is 28.5. The minimum absolute atomic E-state index is 0.149. The number of hydrogen-bond acceptors (Lipinski definition) is 6. The van der Waals surface area contributed by atoms with Gasteiger partial charge in [-0.25, -0.2) is 0 Å². The molecule has 0 fully saturated rings. The summed E-state index contributed by atoms with van der Waals surface area (Å²) in [5.74, 6) is -2.07. The van der Waals surface area contributed by atoms with Crippen LogP contribution in [-0.4, -0.2) is 66.1 Å². The first kappa shape index (κ1) is 26.3. The largest absolute Gasteiger partial charge is 0.508 e. The van der Waals surface area contributed by atoms with Crippen LogP contribution in [0.15, 0.2) is 54.6 Å². The number of carboxylic acid groups (broad SMARTS) is 1. The standard InChI is InChI=1S/C24H30N4O6/c29-19-9-6-17(7-10-19)8-11-21(30)27-15-22(31)28-20(14-18-4-2-1-3-5-18)24(34)26-13-12-25-16-23(32)33/h1-7,9-10,20,25,29H,8,11-16H2,(H,26,34)(H,27,30)(H,28,31)(H,32,33)/t20-/m0/s1. The third-order valence-electron chi connectivity index (χ3n) is 4.83. The number of hydrogen-bond donors (Lipinski definition) is 6. The average molecular weight is 471 g/mol. The molecule has 1 atom stereocenters. The summed E-state index contributed by atoms with van der Waals surface area (Å²) in [6.07, 6.45) is 0.897. The minimum Gasteiger partial charge on any atom is -0.508 e. The van der Waals surface area contributed by atoms with Gasteiger partial charge in [-0.05, 0) is 29.7 Å². The van der Waals surface area contributed by atoms with Gasteiger partial charge < -0.3 is 31.5 Å². The molecule has 0 aromatic heterocycles. The molecule has 182 valence electrons. The summed E-state index contributed by atoms with van der Waals surface area (Å²) in [7, 11) is 0. The lowest BCUT2D eigenvalue weighted by atomic mass is 10.1. The number of carboxylic acids is 1. The zero-order chi connectivity index (χ0) is 24.8. The molecule has 0 bridgehead atoms. The van der Waals surface area contributed by atoms with Crippen LogP contribution in [0.3, 0.4) is 0 Å². The van der Waals surface area contributed by atoms with E-state index < -0.39 is 23.8 Å². The number of carbonyl (C=O) groups excluding carboxylic acids is 3. The second-order valence-corrected chi connectivity index (χ2v) is 7.61. The molecular formula is C24H30N4O6. The van der Waals surface area contributed by atoms with Crippen molar-refractivity contribution in [1.29, 1.82) is 0 Å². The van der Waals surface area contributed by atoms with E-state index in [1.54, 1.807) is 24.3 Å². The lowest BCUT2D eigenvalue weighted by Crippen LogP contribution is -2.51. The van der Waals surface area contributed by atoms with E-state index in [0.717, 1.165) is 11.1 Å². The van der Waals surface area contributed by atoms with E-state index in [1.807, 2.05) is 30.3 Å². The van der Waals surface area contributed by atoms with E-state index in [1.165, 1.54) is 0 Å². The van der Waals surface area contributed by atoms with Crippen LogP contribution in [0.1, 0.15) is 17.5 Å². The molecule has 2 aromatic rings. The zero-order valence-corrected chi connectivity index (χ0v) is 18.8. The molecule has 2 aromatic carbocycles. The van der Waals surface area contributed by atoms with E-state index in [2.05, 4.69) is 21.3 Å². The number of carbonyl (C=O) groups is 4. The second-order valence-electron chi connectivity index (χ2n) is 7.61. The van der Waals surface area contributed by atoms with Gasteiger partial charge in [-0.2, -0.15) is 0 Å². The van der Waals surface area contributed by atoms with Crippen molar-refractivity contribution in [3.8, 4) is 5.75 Å². The summed E-state index contributed by atoms with van der Waals surface area (Å²) >= 11 is 0. The van der Waals surface area contributed by atoms with Gasteiger partial charge in [0.25, 0.3) is 0 Å². The van der Waals surface area contributed by atoms with E-state index in [0.29, 0.717) is 6.42 Å². The molecule has 0 heterocycles. The number of rotatable bonds is 14. The van der Waals surface area contributed by atoms with Crippen LogP contribution in [0, 0.1) is 0 Å². The number of nitrogens with one attached hydrogen (secondary N) is 4. The molecule has 10 nitrogen and oxygen atoms in total.